The lowest BCUT2D eigenvalue weighted by Crippen LogP contribution is -2.09. The van der Waals surface area contributed by atoms with Gasteiger partial charge in [0.15, 0.2) is 5.65 Å². The molecule has 0 saturated heterocycles. The summed E-state index contributed by atoms with van der Waals surface area (Å²) >= 11 is 3.69. The third-order valence-corrected chi connectivity index (χ3v) is 4.48. The SMILES string of the molecule is Nc1c(C(=O)O)cnc2c(I)c(-c3cccs3)nn12. The first-order valence-corrected chi connectivity index (χ1v) is 7.15. The second-order valence-corrected chi connectivity index (χ2v) is 5.76. The van der Waals surface area contributed by atoms with E-state index in [-0.39, 0.29) is 11.4 Å². The smallest absolute Gasteiger partial charge is 0.341 e. The fourth-order valence-electron chi connectivity index (χ4n) is 1.71. The van der Waals surface area contributed by atoms with E-state index in [1.54, 1.807) is 11.3 Å². The minimum Gasteiger partial charge on any atom is -0.477 e. The molecule has 19 heavy (non-hydrogen) atoms. The lowest BCUT2D eigenvalue weighted by molar-refractivity contribution is 0.0697. The van der Waals surface area contributed by atoms with Crippen LogP contribution in [0.25, 0.3) is 16.2 Å². The molecular formula is C11H7IN4O2S. The molecule has 0 radical (unpaired) electrons. The van der Waals surface area contributed by atoms with Gasteiger partial charge in [0.25, 0.3) is 0 Å². The second kappa shape index (κ2) is 4.46. The number of halogens is 1. The summed E-state index contributed by atoms with van der Waals surface area (Å²) in [7, 11) is 0. The predicted molar refractivity (Wildman–Crippen MR) is 80.4 cm³/mol. The molecule has 0 saturated carbocycles. The summed E-state index contributed by atoms with van der Waals surface area (Å²) in [6, 6.07) is 3.88. The molecule has 3 heterocycles. The average molecular weight is 386 g/mol. The summed E-state index contributed by atoms with van der Waals surface area (Å²) in [4.78, 5) is 16.1. The summed E-state index contributed by atoms with van der Waals surface area (Å²) in [6.07, 6.45) is 1.26. The van der Waals surface area contributed by atoms with E-state index in [1.165, 1.54) is 10.7 Å². The predicted octanol–water partition coefficient (Wildman–Crippen LogP) is 2.34. The van der Waals surface area contributed by atoms with Crippen LogP contribution in [0.2, 0.25) is 0 Å². The number of carboxylic acid groups (broad SMARTS) is 1. The van der Waals surface area contributed by atoms with Gasteiger partial charge in [0.1, 0.15) is 17.1 Å². The zero-order valence-corrected chi connectivity index (χ0v) is 12.3. The third kappa shape index (κ3) is 1.87. The Morgan fingerprint density at radius 1 is 1.53 bits per heavy atom. The van der Waals surface area contributed by atoms with E-state index in [2.05, 4.69) is 32.7 Å². The molecule has 96 valence electrons. The van der Waals surface area contributed by atoms with Crippen LogP contribution in [0.4, 0.5) is 5.82 Å². The van der Waals surface area contributed by atoms with E-state index in [0.717, 1.165) is 14.1 Å². The Morgan fingerprint density at radius 3 is 2.95 bits per heavy atom. The molecule has 6 nitrogen and oxygen atoms in total. The molecule has 0 aliphatic carbocycles. The normalized spacial score (nSPS) is 11.0. The van der Waals surface area contributed by atoms with Crippen LogP contribution in [-0.2, 0) is 0 Å². The minimum absolute atomic E-state index is 0.0517. The Labute approximate surface area is 125 Å². The van der Waals surface area contributed by atoms with Crippen molar-refractivity contribution in [2.75, 3.05) is 5.73 Å². The number of aromatic carboxylic acids is 1. The van der Waals surface area contributed by atoms with Crippen LogP contribution in [-0.4, -0.2) is 25.7 Å². The van der Waals surface area contributed by atoms with Gasteiger partial charge in [-0.1, -0.05) is 6.07 Å². The number of carbonyl (C=O) groups is 1. The number of hydrogen-bond acceptors (Lipinski definition) is 5. The fourth-order valence-corrected chi connectivity index (χ4v) is 3.38. The van der Waals surface area contributed by atoms with Crippen molar-refractivity contribution in [3.8, 4) is 10.6 Å². The molecule has 0 atom stereocenters. The third-order valence-electron chi connectivity index (χ3n) is 2.61. The van der Waals surface area contributed by atoms with E-state index < -0.39 is 5.97 Å². The van der Waals surface area contributed by atoms with Gasteiger partial charge in [0, 0.05) is 6.20 Å². The Hall–Kier alpha value is -1.68. The molecule has 3 aromatic rings. The Morgan fingerprint density at radius 2 is 2.32 bits per heavy atom. The summed E-state index contributed by atoms with van der Waals surface area (Å²) < 4.78 is 2.23. The first-order chi connectivity index (χ1) is 9.09. The highest BCUT2D eigenvalue weighted by molar-refractivity contribution is 14.1. The van der Waals surface area contributed by atoms with Crippen molar-refractivity contribution >= 4 is 51.4 Å². The van der Waals surface area contributed by atoms with Gasteiger partial charge in [0.2, 0.25) is 0 Å². The summed E-state index contributed by atoms with van der Waals surface area (Å²) in [6.45, 7) is 0. The number of rotatable bonds is 2. The number of nitrogens with two attached hydrogens (primary N) is 1. The number of aromatic nitrogens is 3. The second-order valence-electron chi connectivity index (χ2n) is 3.74. The number of carboxylic acids is 1. The molecular weight excluding hydrogens is 379 g/mol. The van der Waals surface area contributed by atoms with Crippen LogP contribution < -0.4 is 5.73 Å². The number of fused-ring (bicyclic) bond motifs is 1. The minimum atomic E-state index is -1.12. The first kappa shape index (κ1) is 12.4. The van der Waals surface area contributed by atoms with E-state index >= 15 is 0 Å². The maximum absolute atomic E-state index is 11.0. The van der Waals surface area contributed by atoms with Crippen LogP contribution in [0.5, 0.6) is 0 Å². The number of thiophene rings is 1. The highest BCUT2D eigenvalue weighted by Crippen LogP contribution is 2.31. The van der Waals surface area contributed by atoms with Gasteiger partial charge in [-0.15, -0.1) is 11.3 Å². The van der Waals surface area contributed by atoms with Crippen LogP contribution >= 0.6 is 33.9 Å². The van der Waals surface area contributed by atoms with Crippen molar-refractivity contribution in [2.45, 2.75) is 0 Å². The Balaban J connectivity index is 2.32. The van der Waals surface area contributed by atoms with Crippen molar-refractivity contribution < 1.29 is 9.90 Å². The van der Waals surface area contributed by atoms with Gasteiger partial charge in [-0.25, -0.2) is 9.78 Å². The molecule has 3 N–H and O–H groups in total. The highest BCUT2D eigenvalue weighted by Gasteiger charge is 2.19. The van der Waals surface area contributed by atoms with Gasteiger partial charge in [-0.2, -0.15) is 9.61 Å². The fraction of sp³-hybridized carbons (Fsp3) is 0. The van der Waals surface area contributed by atoms with Gasteiger partial charge >= 0.3 is 5.97 Å². The average Bonchev–Trinajstić information content (AvgIpc) is 2.98. The summed E-state index contributed by atoms with van der Waals surface area (Å²) in [5.74, 6) is -1.03. The molecule has 0 aromatic carbocycles. The molecule has 0 fully saturated rings. The van der Waals surface area contributed by atoms with Crippen molar-refractivity contribution in [3.63, 3.8) is 0 Å². The van der Waals surface area contributed by atoms with Crippen LogP contribution in [0, 0.1) is 3.57 Å². The summed E-state index contributed by atoms with van der Waals surface area (Å²) in [5, 5.41) is 15.3. The lowest BCUT2D eigenvalue weighted by atomic mass is 10.3. The van der Waals surface area contributed by atoms with Crippen molar-refractivity contribution in [2.24, 2.45) is 0 Å². The van der Waals surface area contributed by atoms with Crippen LogP contribution in [0.1, 0.15) is 10.4 Å². The van der Waals surface area contributed by atoms with Crippen molar-refractivity contribution in [1.29, 1.82) is 0 Å². The molecule has 0 aliphatic heterocycles. The van der Waals surface area contributed by atoms with Gasteiger partial charge in [-0.3, -0.25) is 0 Å². The molecule has 8 heteroatoms. The number of hydrogen-bond donors (Lipinski definition) is 2. The van der Waals surface area contributed by atoms with E-state index in [1.807, 2.05) is 17.5 Å². The molecule has 0 unspecified atom stereocenters. The highest BCUT2D eigenvalue weighted by atomic mass is 127. The molecule has 3 rings (SSSR count). The summed E-state index contributed by atoms with van der Waals surface area (Å²) in [5.41, 5.74) is 7.11. The number of nitrogen functional groups attached to an aromatic ring is 1. The van der Waals surface area contributed by atoms with E-state index in [0.29, 0.717) is 5.65 Å². The van der Waals surface area contributed by atoms with Crippen molar-refractivity contribution in [3.05, 3.63) is 32.8 Å². The lowest BCUT2D eigenvalue weighted by Gasteiger charge is -2.01. The van der Waals surface area contributed by atoms with Crippen LogP contribution in [0.3, 0.4) is 0 Å². The Kier molecular flexibility index (Phi) is 2.90. The Bertz CT molecular complexity index is 782. The van der Waals surface area contributed by atoms with E-state index in [9.17, 15) is 4.79 Å². The maximum Gasteiger partial charge on any atom is 0.341 e. The number of anilines is 1. The maximum atomic E-state index is 11.0. The quantitative estimate of drug-likeness (QED) is 0.660. The largest absolute Gasteiger partial charge is 0.477 e. The topological polar surface area (TPSA) is 93.5 Å². The van der Waals surface area contributed by atoms with Gasteiger partial charge < -0.3 is 10.8 Å². The zero-order chi connectivity index (χ0) is 13.6. The monoisotopic (exact) mass is 386 g/mol. The van der Waals surface area contributed by atoms with E-state index in [4.69, 9.17) is 10.8 Å². The molecule has 3 aromatic heterocycles. The molecule has 0 spiro atoms. The zero-order valence-electron chi connectivity index (χ0n) is 9.37. The van der Waals surface area contributed by atoms with Crippen molar-refractivity contribution in [1.82, 2.24) is 14.6 Å². The standard InChI is InChI=1S/C11H7IN4O2S/c12-7-8(6-2-1-3-19-6)15-16-9(13)5(11(17)18)4-14-10(7)16/h1-4H,13H2,(H,17,18). The van der Waals surface area contributed by atoms with Gasteiger partial charge in [0.05, 0.1) is 8.45 Å². The first-order valence-electron chi connectivity index (χ1n) is 5.19. The van der Waals surface area contributed by atoms with Crippen LogP contribution in [0.15, 0.2) is 23.7 Å². The number of nitrogens with zero attached hydrogens (tertiary/aromatic N) is 3. The molecule has 0 amide bonds. The molecule has 0 aliphatic rings. The van der Waals surface area contributed by atoms with Gasteiger partial charge in [-0.05, 0) is 34.0 Å². The molecule has 0 bridgehead atoms.